The van der Waals surface area contributed by atoms with Gasteiger partial charge < -0.3 is 24.7 Å². The van der Waals surface area contributed by atoms with Gasteiger partial charge >= 0.3 is 0 Å². The zero-order valence-corrected chi connectivity index (χ0v) is 17.6. The third-order valence-corrected chi connectivity index (χ3v) is 3.97. The third kappa shape index (κ3) is 4.99. The molecule has 1 aliphatic rings. The Labute approximate surface area is 170 Å². The number of hydrogen-bond acceptors (Lipinski definition) is 5. The summed E-state index contributed by atoms with van der Waals surface area (Å²) in [6.45, 7) is 6.28. The molecule has 0 radical (unpaired) electrons. The lowest BCUT2D eigenvalue weighted by Gasteiger charge is -2.27. The third-order valence-electron chi connectivity index (χ3n) is 3.97. The van der Waals surface area contributed by atoms with Crippen LogP contribution >= 0.6 is 24.0 Å². The summed E-state index contributed by atoms with van der Waals surface area (Å²) in [4.78, 5) is 4.56. The molecule has 2 N–H and O–H groups in total. The van der Waals surface area contributed by atoms with Gasteiger partial charge in [-0.1, -0.05) is 12.1 Å². The lowest BCUT2D eigenvalue weighted by molar-refractivity contribution is 0.0936. The zero-order valence-electron chi connectivity index (χ0n) is 15.2. The molecule has 1 aliphatic heterocycles. The van der Waals surface area contributed by atoms with Gasteiger partial charge in [0.25, 0.3) is 0 Å². The Hall–Kier alpha value is -2.04. The van der Waals surface area contributed by atoms with Crippen molar-refractivity contribution in [3.63, 3.8) is 0 Å². The van der Waals surface area contributed by atoms with E-state index in [9.17, 15) is 0 Å². The molecule has 0 spiro atoms. The fourth-order valence-electron chi connectivity index (χ4n) is 2.45. The second-order valence-corrected chi connectivity index (χ2v) is 5.80. The van der Waals surface area contributed by atoms with E-state index < -0.39 is 0 Å². The standard InChI is InChI=1S/C17H24N6O2.HI/c1-4-18-17(20-10-16-22-21-12(2)23(16)3)19-9-13-11-24-14-7-5-6-8-15(14)25-13;/h5-8,13H,4,9-11H2,1-3H3,(H2,18,19,20);1H. The molecule has 142 valence electrons. The predicted molar refractivity (Wildman–Crippen MR) is 110 cm³/mol. The molecule has 0 amide bonds. The molecule has 0 saturated heterocycles. The van der Waals surface area contributed by atoms with Crippen molar-refractivity contribution in [2.24, 2.45) is 12.0 Å². The normalized spacial score (nSPS) is 16.0. The lowest BCUT2D eigenvalue weighted by Crippen LogP contribution is -2.45. The number of aromatic nitrogens is 3. The number of ether oxygens (including phenoxy) is 2. The predicted octanol–water partition coefficient (Wildman–Crippen LogP) is 1.64. The molecule has 1 atom stereocenters. The minimum absolute atomic E-state index is 0. The van der Waals surface area contributed by atoms with E-state index in [4.69, 9.17) is 9.47 Å². The van der Waals surface area contributed by atoms with E-state index in [2.05, 4.69) is 25.8 Å². The van der Waals surface area contributed by atoms with Gasteiger partial charge in [0.15, 0.2) is 23.3 Å². The first-order valence-corrected chi connectivity index (χ1v) is 8.43. The van der Waals surface area contributed by atoms with Gasteiger partial charge in [-0.05, 0) is 26.0 Å². The summed E-state index contributed by atoms with van der Waals surface area (Å²) in [5.74, 6) is 3.97. The maximum absolute atomic E-state index is 5.95. The quantitative estimate of drug-likeness (QED) is 0.391. The second-order valence-electron chi connectivity index (χ2n) is 5.80. The molecular formula is C17H25IN6O2. The minimum Gasteiger partial charge on any atom is -0.486 e. The van der Waals surface area contributed by atoms with E-state index in [0.717, 1.165) is 29.7 Å². The highest BCUT2D eigenvalue weighted by Crippen LogP contribution is 2.30. The summed E-state index contributed by atoms with van der Waals surface area (Å²) in [5, 5.41) is 14.7. The number of aryl methyl sites for hydroxylation is 1. The molecule has 2 heterocycles. The smallest absolute Gasteiger partial charge is 0.191 e. The summed E-state index contributed by atoms with van der Waals surface area (Å²) in [6.07, 6.45) is -0.0733. The average molecular weight is 472 g/mol. The number of halogens is 1. The zero-order chi connectivity index (χ0) is 17.6. The number of guanidine groups is 1. The Morgan fingerprint density at radius 1 is 1.27 bits per heavy atom. The van der Waals surface area contributed by atoms with E-state index in [0.29, 0.717) is 25.7 Å². The second kappa shape index (κ2) is 9.60. The molecule has 0 bridgehead atoms. The summed E-state index contributed by atoms with van der Waals surface area (Å²) in [5.41, 5.74) is 0. The van der Waals surface area contributed by atoms with Gasteiger partial charge in [-0.2, -0.15) is 0 Å². The molecule has 3 rings (SSSR count). The van der Waals surface area contributed by atoms with Crippen molar-refractivity contribution in [3.8, 4) is 11.5 Å². The van der Waals surface area contributed by atoms with Crippen molar-refractivity contribution in [2.75, 3.05) is 19.7 Å². The first-order valence-electron chi connectivity index (χ1n) is 8.43. The average Bonchev–Trinajstić information content (AvgIpc) is 2.96. The van der Waals surface area contributed by atoms with Crippen LogP contribution in [0, 0.1) is 6.92 Å². The molecule has 1 aromatic carbocycles. The molecule has 8 nitrogen and oxygen atoms in total. The van der Waals surface area contributed by atoms with Crippen LogP contribution in [0.5, 0.6) is 11.5 Å². The minimum atomic E-state index is -0.0733. The number of fused-ring (bicyclic) bond motifs is 1. The molecule has 1 unspecified atom stereocenters. The number of rotatable bonds is 5. The molecule has 1 aromatic heterocycles. The first-order chi connectivity index (χ1) is 12.2. The summed E-state index contributed by atoms with van der Waals surface area (Å²) >= 11 is 0. The lowest BCUT2D eigenvalue weighted by atomic mass is 10.2. The largest absolute Gasteiger partial charge is 0.486 e. The summed E-state index contributed by atoms with van der Waals surface area (Å²) < 4.78 is 13.6. The van der Waals surface area contributed by atoms with Crippen LogP contribution in [-0.4, -0.2) is 46.5 Å². The summed E-state index contributed by atoms with van der Waals surface area (Å²) in [6, 6.07) is 7.70. The van der Waals surface area contributed by atoms with Crippen LogP contribution in [0.4, 0.5) is 0 Å². The topological polar surface area (TPSA) is 85.6 Å². The molecular weight excluding hydrogens is 447 g/mol. The van der Waals surface area contributed by atoms with Gasteiger partial charge in [-0.15, -0.1) is 34.2 Å². The van der Waals surface area contributed by atoms with Crippen LogP contribution in [0.3, 0.4) is 0 Å². The van der Waals surface area contributed by atoms with Crippen LogP contribution in [0.25, 0.3) is 0 Å². The van der Waals surface area contributed by atoms with Crippen molar-refractivity contribution in [3.05, 3.63) is 35.9 Å². The molecule has 9 heteroatoms. The van der Waals surface area contributed by atoms with E-state index in [1.807, 2.05) is 49.7 Å². The van der Waals surface area contributed by atoms with Crippen molar-refractivity contribution in [1.82, 2.24) is 25.4 Å². The van der Waals surface area contributed by atoms with Gasteiger partial charge in [0.2, 0.25) is 0 Å². The van der Waals surface area contributed by atoms with Crippen LogP contribution in [-0.2, 0) is 13.6 Å². The van der Waals surface area contributed by atoms with Crippen molar-refractivity contribution >= 4 is 29.9 Å². The van der Waals surface area contributed by atoms with Gasteiger partial charge in [-0.3, -0.25) is 0 Å². The highest BCUT2D eigenvalue weighted by atomic mass is 127. The van der Waals surface area contributed by atoms with E-state index >= 15 is 0 Å². The van der Waals surface area contributed by atoms with Crippen molar-refractivity contribution in [2.45, 2.75) is 26.5 Å². The first kappa shape index (κ1) is 20.3. The Morgan fingerprint density at radius 2 is 2.04 bits per heavy atom. The Kier molecular flexibility index (Phi) is 7.49. The number of hydrogen-bond donors (Lipinski definition) is 2. The van der Waals surface area contributed by atoms with Crippen molar-refractivity contribution < 1.29 is 9.47 Å². The fraction of sp³-hybridized carbons (Fsp3) is 0.471. The Balaban J connectivity index is 0.00000243. The van der Waals surface area contributed by atoms with Gasteiger partial charge in [0, 0.05) is 13.6 Å². The maximum atomic E-state index is 5.95. The number of nitrogens with one attached hydrogen (secondary N) is 2. The van der Waals surface area contributed by atoms with Crippen molar-refractivity contribution in [1.29, 1.82) is 0 Å². The van der Waals surface area contributed by atoms with E-state index in [1.165, 1.54) is 0 Å². The number of para-hydroxylation sites is 2. The molecule has 0 saturated carbocycles. The monoisotopic (exact) mass is 472 g/mol. The fourth-order valence-corrected chi connectivity index (χ4v) is 2.45. The van der Waals surface area contributed by atoms with Gasteiger partial charge in [-0.25, -0.2) is 4.99 Å². The molecule has 2 aromatic rings. The Morgan fingerprint density at radius 3 is 2.73 bits per heavy atom. The maximum Gasteiger partial charge on any atom is 0.191 e. The number of benzene rings is 1. The van der Waals surface area contributed by atoms with Crippen LogP contribution in [0.1, 0.15) is 18.6 Å². The van der Waals surface area contributed by atoms with Gasteiger partial charge in [0.1, 0.15) is 25.1 Å². The van der Waals surface area contributed by atoms with Crippen LogP contribution < -0.4 is 20.1 Å². The highest BCUT2D eigenvalue weighted by molar-refractivity contribution is 14.0. The SMILES string of the molecule is CCNC(=NCc1nnc(C)n1C)NCC1COc2ccccc2O1.I. The number of nitrogens with zero attached hydrogens (tertiary/aromatic N) is 4. The van der Waals surface area contributed by atoms with E-state index in [1.54, 1.807) is 0 Å². The number of aliphatic imine (C=N–C) groups is 1. The van der Waals surface area contributed by atoms with E-state index in [-0.39, 0.29) is 30.1 Å². The molecule has 0 aliphatic carbocycles. The van der Waals surface area contributed by atoms with Crippen LogP contribution in [0.2, 0.25) is 0 Å². The highest BCUT2D eigenvalue weighted by Gasteiger charge is 2.20. The van der Waals surface area contributed by atoms with Gasteiger partial charge in [0.05, 0.1) is 6.54 Å². The van der Waals surface area contributed by atoms with Crippen LogP contribution in [0.15, 0.2) is 29.3 Å². The Bertz CT molecular complexity index is 749. The summed E-state index contributed by atoms with van der Waals surface area (Å²) in [7, 11) is 1.94. The molecule has 0 fully saturated rings. The molecule has 26 heavy (non-hydrogen) atoms.